The molecule has 2 aromatic carbocycles. The predicted molar refractivity (Wildman–Crippen MR) is 134 cm³/mol. The van der Waals surface area contributed by atoms with E-state index >= 15 is 0 Å². The fourth-order valence-electron chi connectivity index (χ4n) is 4.24. The molecule has 0 radical (unpaired) electrons. The lowest BCUT2D eigenvalue weighted by molar-refractivity contribution is -0.142. The van der Waals surface area contributed by atoms with E-state index < -0.39 is 0 Å². The molecular weight excluding hydrogens is 447 g/mol. The summed E-state index contributed by atoms with van der Waals surface area (Å²) in [4.78, 5) is 31.9. The Bertz CT molecular complexity index is 1110. The maximum Gasteiger partial charge on any atom is 0.242 e. The van der Waals surface area contributed by atoms with E-state index in [-0.39, 0.29) is 36.1 Å². The molecule has 4 rings (SSSR count). The van der Waals surface area contributed by atoms with Gasteiger partial charge in [-0.2, -0.15) is 0 Å². The Morgan fingerprint density at radius 1 is 1.03 bits per heavy atom. The number of carbonyl (C=O) groups excluding carboxylic acids is 2. The molecule has 1 fully saturated rings. The Balaban J connectivity index is 1.54. The highest BCUT2D eigenvalue weighted by atomic mass is 32.1. The van der Waals surface area contributed by atoms with Crippen LogP contribution in [-0.4, -0.2) is 34.2 Å². The van der Waals surface area contributed by atoms with E-state index in [4.69, 9.17) is 0 Å². The molecule has 1 unspecified atom stereocenters. The van der Waals surface area contributed by atoms with Crippen molar-refractivity contribution in [1.29, 1.82) is 0 Å². The average molecular weight is 479 g/mol. The lowest BCUT2D eigenvalue weighted by atomic mass is 9.95. The minimum Gasteiger partial charge on any atom is -0.332 e. The van der Waals surface area contributed by atoms with Crippen LogP contribution in [0.4, 0.5) is 4.39 Å². The maximum absolute atomic E-state index is 13.6. The number of carbonyl (C=O) groups is 2. The minimum atomic E-state index is -0.298. The molecule has 1 aliphatic rings. The van der Waals surface area contributed by atoms with Crippen molar-refractivity contribution in [3.63, 3.8) is 0 Å². The smallest absolute Gasteiger partial charge is 0.242 e. The molecule has 0 aliphatic heterocycles. The van der Waals surface area contributed by atoms with Crippen molar-refractivity contribution < 1.29 is 14.0 Å². The molecule has 34 heavy (non-hydrogen) atoms. The van der Waals surface area contributed by atoms with Crippen molar-refractivity contribution in [2.45, 2.75) is 58.2 Å². The average Bonchev–Trinajstić information content (AvgIpc) is 3.61. The van der Waals surface area contributed by atoms with Gasteiger partial charge in [0, 0.05) is 17.5 Å². The second kappa shape index (κ2) is 11.0. The summed E-state index contributed by atoms with van der Waals surface area (Å²) in [6.07, 6.45) is 2.56. The quantitative estimate of drug-likeness (QED) is 0.364. The predicted octanol–water partition coefficient (Wildman–Crippen LogP) is 5.91. The third-order valence-corrected chi connectivity index (χ3v) is 7.43. The first kappa shape index (κ1) is 24.1. The van der Waals surface area contributed by atoms with Crippen LogP contribution in [0.25, 0.3) is 0 Å². The summed E-state index contributed by atoms with van der Waals surface area (Å²) in [6.45, 7) is 4.97. The van der Waals surface area contributed by atoms with Gasteiger partial charge in [0.25, 0.3) is 0 Å². The minimum absolute atomic E-state index is 0.0265. The number of aryl methyl sites for hydroxylation is 1. The SMILES string of the molecule is CCC(C(=O)N(CC(=O)N(Cc1ccc(F)cc1)Cc1sccc1C)C1CC1)c1ccccc1. The molecule has 3 aromatic rings. The summed E-state index contributed by atoms with van der Waals surface area (Å²) < 4.78 is 13.4. The van der Waals surface area contributed by atoms with Crippen LogP contribution in [0.15, 0.2) is 66.0 Å². The summed E-state index contributed by atoms with van der Waals surface area (Å²) in [5, 5.41) is 2.02. The topological polar surface area (TPSA) is 40.6 Å². The van der Waals surface area contributed by atoms with Crippen LogP contribution in [0.5, 0.6) is 0 Å². The van der Waals surface area contributed by atoms with E-state index in [9.17, 15) is 14.0 Å². The second-order valence-electron chi connectivity index (χ2n) is 8.97. The Morgan fingerprint density at radius 3 is 2.32 bits per heavy atom. The van der Waals surface area contributed by atoms with Crippen LogP contribution in [0.3, 0.4) is 0 Å². The first-order valence-electron chi connectivity index (χ1n) is 11.9. The first-order chi connectivity index (χ1) is 16.5. The highest BCUT2D eigenvalue weighted by Gasteiger charge is 2.37. The van der Waals surface area contributed by atoms with Crippen molar-refractivity contribution in [1.82, 2.24) is 9.80 Å². The number of hydrogen-bond acceptors (Lipinski definition) is 3. The zero-order valence-corrected chi connectivity index (χ0v) is 20.6. The van der Waals surface area contributed by atoms with E-state index in [0.29, 0.717) is 19.5 Å². The molecule has 1 heterocycles. The van der Waals surface area contributed by atoms with Gasteiger partial charge in [0.05, 0.1) is 12.5 Å². The highest BCUT2D eigenvalue weighted by molar-refractivity contribution is 7.10. The Kier molecular flexibility index (Phi) is 7.78. The van der Waals surface area contributed by atoms with Gasteiger partial charge in [0.1, 0.15) is 12.4 Å². The summed E-state index contributed by atoms with van der Waals surface area (Å²) in [6, 6.07) is 18.3. The van der Waals surface area contributed by atoms with Crippen LogP contribution in [0.2, 0.25) is 0 Å². The maximum atomic E-state index is 13.6. The van der Waals surface area contributed by atoms with Gasteiger partial charge in [-0.1, -0.05) is 49.4 Å². The molecule has 178 valence electrons. The summed E-state index contributed by atoms with van der Waals surface area (Å²) in [5.74, 6) is -0.605. The van der Waals surface area contributed by atoms with Crippen LogP contribution in [0.1, 0.15) is 53.7 Å². The number of hydrogen-bond donors (Lipinski definition) is 0. The fourth-order valence-corrected chi connectivity index (χ4v) is 5.16. The molecule has 0 spiro atoms. The van der Waals surface area contributed by atoms with Crippen molar-refractivity contribution in [3.05, 3.63) is 93.4 Å². The van der Waals surface area contributed by atoms with Gasteiger partial charge in [-0.25, -0.2) is 4.39 Å². The van der Waals surface area contributed by atoms with Crippen molar-refractivity contribution in [2.24, 2.45) is 0 Å². The molecule has 2 amide bonds. The van der Waals surface area contributed by atoms with Gasteiger partial charge < -0.3 is 9.80 Å². The molecule has 0 N–H and O–H groups in total. The molecule has 0 bridgehead atoms. The Morgan fingerprint density at radius 2 is 1.74 bits per heavy atom. The molecule has 6 heteroatoms. The number of thiophene rings is 1. The van der Waals surface area contributed by atoms with E-state index in [1.807, 2.05) is 55.6 Å². The van der Waals surface area contributed by atoms with Crippen molar-refractivity contribution in [2.75, 3.05) is 6.54 Å². The number of benzene rings is 2. The first-order valence-corrected chi connectivity index (χ1v) is 12.7. The van der Waals surface area contributed by atoms with Crippen molar-refractivity contribution >= 4 is 23.2 Å². The van der Waals surface area contributed by atoms with Gasteiger partial charge in [0.2, 0.25) is 11.8 Å². The van der Waals surface area contributed by atoms with E-state index in [1.54, 1.807) is 33.3 Å². The van der Waals surface area contributed by atoms with E-state index in [0.717, 1.165) is 34.4 Å². The zero-order valence-electron chi connectivity index (χ0n) is 19.7. The molecule has 1 aromatic heterocycles. The number of amides is 2. The van der Waals surface area contributed by atoms with E-state index in [1.165, 1.54) is 12.1 Å². The van der Waals surface area contributed by atoms with Crippen LogP contribution in [-0.2, 0) is 22.7 Å². The number of nitrogens with zero attached hydrogens (tertiary/aromatic N) is 2. The van der Waals surface area contributed by atoms with Crippen LogP contribution >= 0.6 is 11.3 Å². The third kappa shape index (κ3) is 5.92. The second-order valence-corrected chi connectivity index (χ2v) is 9.97. The monoisotopic (exact) mass is 478 g/mol. The van der Waals surface area contributed by atoms with E-state index in [2.05, 4.69) is 0 Å². The van der Waals surface area contributed by atoms with Gasteiger partial charge >= 0.3 is 0 Å². The van der Waals surface area contributed by atoms with Gasteiger partial charge in [-0.3, -0.25) is 9.59 Å². The largest absolute Gasteiger partial charge is 0.332 e. The molecule has 0 saturated heterocycles. The Labute approximate surface area is 205 Å². The van der Waals surface area contributed by atoms with Gasteiger partial charge in [0.15, 0.2) is 0 Å². The van der Waals surface area contributed by atoms with Crippen molar-refractivity contribution in [3.8, 4) is 0 Å². The normalized spacial score (nSPS) is 14.0. The zero-order chi connectivity index (χ0) is 24.1. The van der Waals surface area contributed by atoms with Gasteiger partial charge in [-0.05, 0) is 66.5 Å². The lowest BCUT2D eigenvalue weighted by Crippen LogP contribution is -2.45. The summed E-state index contributed by atoms with van der Waals surface area (Å²) >= 11 is 1.62. The molecule has 4 nitrogen and oxygen atoms in total. The molecule has 1 atom stereocenters. The number of rotatable bonds is 10. The molecule has 1 saturated carbocycles. The lowest BCUT2D eigenvalue weighted by Gasteiger charge is -2.30. The van der Waals surface area contributed by atoms with Crippen LogP contribution in [0, 0.1) is 12.7 Å². The number of halogens is 1. The summed E-state index contributed by atoms with van der Waals surface area (Å²) in [7, 11) is 0. The Hall–Kier alpha value is -2.99. The highest BCUT2D eigenvalue weighted by Crippen LogP contribution is 2.32. The molecular formula is C28H31FN2O2S. The summed E-state index contributed by atoms with van der Waals surface area (Å²) in [5.41, 5.74) is 3.00. The fraction of sp³-hybridized carbons (Fsp3) is 0.357. The molecule has 1 aliphatic carbocycles. The van der Waals surface area contributed by atoms with Gasteiger partial charge in [-0.15, -0.1) is 11.3 Å². The van der Waals surface area contributed by atoms with Crippen LogP contribution < -0.4 is 0 Å². The standard InChI is InChI=1S/C28H31FN2O2S/c1-3-25(22-7-5-4-6-8-22)28(33)31(24-13-14-24)19-27(32)30(18-26-20(2)15-16-34-26)17-21-9-11-23(29)12-10-21/h4-12,15-16,24-25H,3,13-14,17-19H2,1-2H3. The third-order valence-electron chi connectivity index (χ3n) is 6.43.